The number of rotatable bonds is 11. The van der Waals surface area contributed by atoms with E-state index in [9.17, 15) is 9.90 Å². The largest absolute Gasteiger partial charge is 0.491 e. The maximum absolute atomic E-state index is 11.6. The maximum Gasteiger partial charge on any atom is 0.338 e. The van der Waals surface area contributed by atoms with Crippen LogP contribution in [-0.2, 0) is 4.74 Å². The molecule has 2 aromatic rings. The van der Waals surface area contributed by atoms with E-state index in [-0.39, 0.29) is 12.6 Å². The van der Waals surface area contributed by atoms with Gasteiger partial charge in [-0.3, -0.25) is 0 Å². The molecule has 0 saturated carbocycles. The lowest BCUT2D eigenvalue weighted by atomic mass is 10.2. The topological polar surface area (TPSA) is 68.2 Å². The van der Waals surface area contributed by atoms with E-state index in [0.717, 1.165) is 0 Å². The van der Waals surface area contributed by atoms with Crippen LogP contribution in [-0.4, -0.2) is 62.0 Å². The molecule has 0 saturated heterocycles. The average molecular weight is 408 g/mol. The Kier molecular flexibility index (Phi) is 9.07. The molecule has 0 amide bonds. The van der Waals surface area contributed by atoms with Gasteiger partial charge in [-0.2, -0.15) is 0 Å². The molecule has 0 radical (unpaired) electrons. The van der Waals surface area contributed by atoms with E-state index < -0.39 is 6.10 Å². The highest BCUT2D eigenvalue weighted by Crippen LogP contribution is 2.22. The molecule has 0 aliphatic carbocycles. The van der Waals surface area contributed by atoms with Crippen LogP contribution in [0.2, 0.25) is 5.02 Å². The van der Waals surface area contributed by atoms with Gasteiger partial charge in [-0.1, -0.05) is 23.7 Å². The summed E-state index contributed by atoms with van der Waals surface area (Å²) in [5.74, 6) is 0.860. The number of carbonyl (C=O) groups excluding carboxylic acids is 1. The van der Waals surface area contributed by atoms with Crippen LogP contribution in [0.4, 0.5) is 0 Å². The van der Waals surface area contributed by atoms with E-state index in [1.165, 1.54) is 0 Å². The highest BCUT2D eigenvalue weighted by molar-refractivity contribution is 6.32. The molecule has 6 nitrogen and oxygen atoms in total. The fourth-order valence-corrected chi connectivity index (χ4v) is 2.66. The summed E-state index contributed by atoms with van der Waals surface area (Å²) < 4.78 is 16.2. The normalized spacial score (nSPS) is 11.9. The molecule has 1 atom stereocenters. The number of nitrogens with zero attached hydrogens (tertiary/aromatic N) is 1. The van der Waals surface area contributed by atoms with Crippen LogP contribution < -0.4 is 9.47 Å². The predicted molar refractivity (Wildman–Crippen MR) is 108 cm³/mol. The minimum absolute atomic E-state index is 0.147. The number of aliphatic hydroxyl groups excluding tert-OH is 1. The van der Waals surface area contributed by atoms with Crippen LogP contribution in [0.3, 0.4) is 0 Å². The zero-order valence-corrected chi connectivity index (χ0v) is 16.9. The standard InChI is InChI=1S/C21H26ClNO5/c1-3-26-21(25)16-8-10-18(11-9-16)28-15-17(24)14-23(2)12-13-27-20-7-5-4-6-19(20)22/h4-11,17,24H,3,12-15H2,1-2H3. The smallest absolute Gasteiger partial charge is 0.338 e. The molecule has 2 aromatic carbocycles. The van der Waals surface area contributed by atoms with E-state index >= 15 is 0 Å². The van der Waals surface area contributed by atoms with E-state index in [1.54, 1.807) is 37.3 Å². The summed E-state index contributed by atoms with van der Waals surface area (Å²) >= 11 is 6.05. The molecule has 0 aliphatic heterocycles. The number of esters is 1. The van der Waals surface area contributed by atoms with Gasteiger partial charge in [-0.15, -0.1) is 0 Å². The van der Waals surface area contributed by atoms with Gasteiger partial charge in [-0.05, 0) is 50.4 Å². The molecule has 0 heterocycles. The van der Waals surface area contributed by atoms with Gasteiger partial charge in [0.05, 0.1) is 17.2 Å². The summed E-state index contributed by atoms with van der Waals surface area (Å²) in [5.41, 5.74) is 0.466. The van der Waals surface area contributed by atoms with Crippen molar-refractivity contribution in [2.45, 2.75) is 13.0 Å². The summed E-state index contributed by atoms with van der Waals surface area (Å²) in [6.45, 7) is 3.78. The lowest BCUT2D eigenvalue weighted by molar-refractivity contribution is 0.0525. The van der Waals surface area contributed by atoms with Gasteiger partial charge >= 0.3 is 5.97 Å². The Hall–Kier alpha value is -2.28. The second-order valence-corrected chi connectivity index (χ2v) is 6.66. The van der Waals surface area contributed by atoms with Gasteiger partial charge in [0.2, 0.25) is 0 Å². The van der Waals surface area contributed by atoms with Crippen molar-refractivity contribution in [3.05, 3.63) is 59.1 Å². The minimum atomic E-state index is -0.657. The van der Waals surface area contributed by atoms with Gasteiger partial charge < -0.3 is 24.2 Å². The van der Waals surface area contributed by atoms with Crippen molar-refractivity contribution in [2.24, 2.45) is 0 Å². The molecule has 0 bridgehead atoms. The molecule has 28 heavy (non-hydrogen) atoms. The first-order valence-electron chi connectivity index (χ1n) is 9.13. The quantitative estimate of drug-likeness (QED) is 0.576. The van der Waals surface area contributed by atoms with Crippen molar-refractivity contribution in [1.29, 1.82) is 0 Å². The first-order chi connectivity index (χ1) is 13.5. The van der Waals surface area contributed by atoms with E-state index in [1.807, 2.05) is 30.1 Å². The Morgan fingerprint density at radius 2 is 1.86 bits per heavy atom. The Labute approximate surface area is 170 Å². The van der Waals surface area contributed by atoms with Crippen LogP contribution in [0.15, 0.2) is 48.5 Å². The minimum Gasteiger partial charge on any atom is -0.491 e. The van der Waals surface area contributed by atoms with Gasteiger partial charge in [0.15, 0.2) is 0 Å². The second-order valence-electron chi connectivity index (χ2n) is 6.25. The molecule has 0 spiro atoms. The Morgan fingerprint density at radius 3 is 2.54 bits per heavy atom. The number of carbonyl (C=O) groups is 1. The second kappa shape index (κ2) is 11.5. The van der Waals surface area contributed by atoms with Gasteiger partial charge in [0, 0.05) is 13.1 Å². The van der Waals surface area contributed by atoms with Crippen LogP contribution in [0.5, 0.6) is 11.5 Å². The molecule has 2 rings (SSSR count). The molecule has 0 fully saturated rings. The van der Waals surface area contributed by atoms with E-state index in [4.69, 9.17) is 25.8 Å². The van der Waals surface area contributed by atoms with Gasteiger partial charge in [0.1, 0.15) is 30.8 Å². The zero-order chi connectivity index (χ0) is 20.4. The van der Waals surface area contributed by atoms with E-state index in [2.05, 4.69) is 0 Å². The average Bonchev–Trinajstić information content (AvgIpc) is 2.68. The Bertz CT molecular complexity index is 738. The molecule has 152 valence electrons. The Morgan fingerprint density at radius 1 is 1.14 bits per heavy atom. The lowest BCUT2D eigenvalue weighted by Gasteiger charge is -2.21. The number of likely N-dealkylation sites (N-methyl/N-ethyl adjacent to an activating group) is 1. The molecular formula is C21H26ClNO5. The number of ether oxygens (including phenoxy) is 3. The molecule has 0 aliphatic rings. The third-order valence-corrected chi connectivity index (χ3v) is 4.21. The van der Waals surface area contributed by atoms with Crippen molar-refractivity contribution < 1.29 is 24.1 Å². The van der Waals surface area contributed by atoms with Crippen molar-refractivity contribution in [1.82, 2.24) is 4.90 Å². The summed E-state index contributed by atoms with van der Waals surface area (Å²) in [6, 6.07) is 13.9. The first-order valence-corrected chi connectivity index (χ1v) is 9.51. The third kappa shape index (κ3) is 7.38. The molecule has 7 heteroatoms. The van der Waals surface area contributed by atoms with Crippen molar-refractivity contribution >= 4 is 17.6 Å². The maximum atomic E-state index is 11.6. The van der Waals surface area contributed by atoms with Crippen molar-refractivity contribution in [3.8, 4) is 11.5 Å². The number of halogens is 1. The Balaban J connectivity index is 1.68. The fourth-order valence-electron chi connectivity index (χ4n) is 2.47. The lowest BCUT2D eigenvalue weighted by Crippen LogP contribution is -2.35. The van der Waals surface area contributed by atoms with Crippen molar-refractivity contribution in [3.63, 3.8) is 0 Å². The molecule has 0 aromatic heterocycles. The predicted octanol–water partition coefficient (Wildman–Crippen LogP) is 3.27. The van der Waals surface area contributed by atoms with Gasteiger partial charge in [-0.25, -0.2) is 4.79 Å². The van der Waals surface area contributed by atoms with Crippen LogP contribution in [0.1, 0.15) is 17.3 Å². The molecule has 1 unspecified atom stereocenters. The summed E-state index contributed by atoms with van der Waals surface area (Å²) in [4.78, 5) is 13.6. The fraction of sp³-hybridized carbons (Fsp3) is 0.381. The van der Waals surface area contributed by atoms with Crippen LogP contribution in [0.25, 0.3) is 0 Å². The monoisotopic (exact) mass is 407 g/mol. The zero-order valence-electron chi connectivity index (χ0n) is 16.1. The highest BCUT2D eigenvalue weighted by Gasteiger charge is 2.11. The number of para-hydroxylation sites is 1. The number of benzene rings is 2. The first kappa shape index (κ1) is 22.0. The number of aliphatic hydroxyl groups is 1. The summed E-state index contributed by atoms with van der Waals surface area (Å²) in [6.07, 6.45) is -0.657. The molecule has 1 N–H and O–H groups in total. The van der Waals surface area contributed by atoms with Crippen LogP contribution >= 0.6 is 11.6 Å². The SMILES string of the molecule is CCOC(=O)c1ccc(OCC(O)CN(C)CCOc2ccccc2Cl)cc1. The summed E-state index contributed by atoms with van der Waals surface area (Å²) in [7, 11) is 1.90. The van der Waals surface area contributed by atoms with E-state index in [0.29, 0.717) is 48.4 Å². The van der Waals surface area contributed by atoms with Crippen molar-refractivity contribution in [2.75, 3.05) is 40.0 Å². The number of hydrogen-bond acceptors (Lipinski definition) is 6. The van der Waals surface area contributed by atoms with Crippen LogP contribution in [0, 0.1) is 0 Å². The van der Waals surface area contributed by atoms with Gasteiger partial charge in [0.25, 0.3) is 0 Å². The third-order valence-electron chi connectivity index (χ3n) is 3.90. The molecular weight excluding hydrogens is 382 g/mol. The summed E-state index contributed by atoms with van der Waals surface area (Å²) in [5, 5.41) is 10.7. The highest BCUT2D eigenvalue weighted by atomic mass is 35.5. The number of hydrogen-bond donors (Lipinski definition) is 1.